The van der Waals surface area contributed by atoms with Gasteiger partial charge in [-0.15, -0.1) is 0 Å². The minimum atomic E-state index is 0.551. The SMILES string of the molecule is COc1c(C)c(C)cc(C)c1/C=C/CN. The highest BCUT2D eigenvalue weighted by Crippen LogP contribution is 2.30. The molecule has 0 aliphatic heterocycles. The first kappa shape index (κ1) is 11.8. The Morgan fingerprint density at radius 1 is 1.27 bits per heavy atom. The fourth-order valence-corrected chi connectivity index (χ4v) is 1.73. The molecule has 0 unspecified atom stereocenters. The van der Waals surface area contributed by atoms with Gasteiger partial charge in [-0.25, -0.2) is 0 Å². The summed E-state index contributed by atoms with van der Waals surface area (Å²) in [6.45, 7) is 6.81. The molecular weight excluding hydrogens is 186 g/mol. The van der Waals surface area contributed by atoms with Crippen LogP contribution in [0.25, 0.3) is 6.08 Å². The second-order valence-corrected chi connectivity index (χ2v) is 3.72. The molecule has 0 spiro atoms. The molecule has 0 aliphatic rings. The lowest BCUT2D eigenvalue weighted by Gasteiger charge is -2.14. The van der Waals surface area contributed by atoms with E-state index in [1.165, 1.54) is 16.7 Å². The van der Waals surface area contributed by atoms with E-state index in [-0.39, 0.29) is 0 Å². The third-order valence-electron chi connectivity index (χ3n) is 2.66. The normalized spacial score (nSPS) is 11.0. The summed E-state index contributed by atoms with van der Waals surface area (Å²) in [5.74, 6) is 0.956. The molecule has 2 N–H and O–H groups in total. The molecule has 0 heterocycles. The van der Waals surface area contributed by atoms with Gasteiger partial charge in [-0.2, -0.15) is 0 Å². The maximum atomic E-state index is 5.46. The van der Waals surface area contributed by atoms with Crippen LogP contribution in [0.15, 0.2) is 12.1 Å². The Labute approximate surface area is 91.7 Å². The van der Waals surface area contributed by atoms with Gasteiger partial charge in [0.1, 0.15) is 5.75 Å². The number of hydrogen-bond donors (Lipinski definition) is 1. The van der Waals surface area contributed by atoms with Crippen molar-refractivity contribution < 1.29 is 4.74 Å². The van der Waals surface area contributed by atoms with Gasteiger partial charge in [-0.3, -0.25) is 0 Å². The lowest BCUT2D eigenvalue weighted by molar-refractivity contribution is 0.410. The van der Waals surface area contributed by atoms with E-state index in [0.717, 1.165) is 11.3 Å². The average molecular weight is 205 g/mol. The van der Waals surface area contributed by atoms with E-state index in [1.807, 2.05) is 12.2 Å². The van der Waals surface area contributed by atoms with Crippen LogP contribution >= 0.6 is 0 Å². The molecule has 0 aromatic heterocycles. The molecule has 82 valence electrons. The van der Waals surface area contributed by atoms with Crippen molar-refractivity contribution in [3.8, 4) is 5.75 Å². The van der Waals surface area contributed by atoms with E-state index in [2.05, 4.69) is 26.8 Å². The van der Waals surface area contributed by atoms with E-state index in [9.17, 15) is 0 Å². The molecule has 1 rings (SSSR count). The van der Waals surface area contributed by atoms with Crippen LogP contribution in [0.1, 0.15) is 22.3 Å². The second-order valence-electron chi connectivity index (χ2n) is 3.72. The Bertz CT molecular complexity index is 381. The second kappa shape index (κ2) is 4.99. The first-order chi connectivity index (χ1) is 7.11. The lowest BCUT2D eigenvalue weighted by Crippen LogP contribution is -1.97. The minimum Gasteiger partial charge on any atom is -0.496 e. The molecule has 0 aliphatic carbocycles. The quantitative estimate of drug-likeness (QED) is 0.823. The minimum absolute atomic E-state index is 0.551. The van der Waals surface area contributed by atoms with Crippen molar-refractivity contribution in [3.05, 3.63) is 34.4 Å². The Hall–Kier alpha value is -1.28. The molecule has 15 heavy (non-hydrogen) atoms. The number of hydrogen-bond acceptors (Lipinski definition) is 2. The van der Waals surface area contributed by atoms with E-state index < -0.39 is 0 Å². The van der Waals surface area contributed by atoms with Crippen molar-refractivity contribution in [2.75, 3.05) is 13.7 Å². The highest BCUT2D eigenvalue weighted by Gasteiger charge is 2.09. The van der Waals surface area contributed by atoms with Crippen molar-refractivity contribution >= 4 is 6.08 Å². The van der Waals surface area contributed by atoms with Gasteiger partial charge < -0.3 is 10.5 Å². The summed E-state index contributed by atoms with van der Waals surface area (Å²) in [4.78, 5) is 0. The van der Waals surface area contributed by atoms with Crippen molar-refractivity contribution in [3.63, 3.8) is 0 Å². The Balaban J connectivity index is 3.35. The Morgan fingerprint density at radius 2 is 1.93 bits per heavy atom. The molecule has 0 saturated heterocycles. The molecule has 2 heteroatoms. The van der Waals surface area contributed by atoms with Crippen molar-refractivity contribution in [2.45, 2.75) is 20.8 Å². The highest BCUT2D eigenvalue weighted by atomic mass is 16.5. The van der Waals surface area contributed by atoms with E-state index in [1.54, 1.807) is 7.11 Å². The molecule has 1 aromatic rings. The van der Waals surface area contributed by atoms with Crippen LogP contribution < -0.4 is 10.5 Å². The molecule has 1 aromatic carbocycles. The van der Waals surface area contributed by atoms with Gasteiger partial charge in [0.15, 0.2) is 0 Å². The zero-order valence-corrected chi connectivity index (χ0v) is 9.92. The van der Waals surface area contributed by atoms with E-state index >= 15 is 0 Å². The van der Waals surface area contributed by atoms with Gasteiger partial charge in [0.05, 0.1) is 7.11 Å². The number of aryl methyl sites for hydroxylation is 2. The molecule has 2 nitrogen and oxygen atoms in total. The number of rotatable bonds is 3. The number of methoxy groups -OCH3 is 1. The number of ether oxygens (including phenoxy) is 1. The van der Waals surface area contributed by atoms with Gasteiger partial charge in [-0.1, -0.05) is 18.2 Å². The fraction of sp³-hybridized carbons (Fsp3) is 0.385. The lowest BCUT2D eigenvalue weighted by atomic mass is 9.98. The van der Waals surface area contributed by atoms with Crippen LogP contribution in [0.4, 0.5) is 0 Å². The van der Waals surface area contributed by atoms with E-state index in [4.69, 9.17) is 10.5 Å². The van der Waals surface area contributed by atoms with Crippen LogP contribution in [0.3, 0.4) is 0 Å². The Kier molecular flexibility index (Phi) is 3.92. The summed E-state index contributed by atoms with van der Waals surface area (Å²) < 4.78 is 5.44. The standard InChI is InChI=1S/C13H19NO/c1-9-8-10(2)12(6-5-7-14)13(15-4)11(9)3/h5-6,8H,7,14H2,1-4H3/b6-5+. The molecule has 0 saturated carbocycles. The summed E-state index contributed by atoms with van der Waals surface area (Å²) in [7, 11) is 1.71. The maximum Gasteiger partial charge on any atom is 0.129 e. The summed E-state index contributed by atoms with van der Waals surface area (Å²) >= 11 is 0. The topological polar surface area (TPSA) is 35.2 Å². The zero-order chi connectivity index (χ0) is 11.4. The first-order valence-corrected chi connectivity index (χ1v) is 5.13. The largest absolute Gasteiger partial charge is 0.496 e. The number of benzene rings is 1. The summed E-state index contributed by atoms with van der Waals surface area (Å²) in [5, 5.41) is 0. The maximum absolute atomic E-state index is 5.46. The van der Waals surface area contributed by atoms with E-state index in [0.29, 0.717) is 6.54 Å². The molecular formula is C13H19NO. The van der Waals surface area contributed by atoms with Crippen LogP contribution in [0.2, 0.25) is 0 Å². The van der Waals surface area contributed by atoms with Crippen molar-refractivity contribution in [2.24, 2.45) is 5.73 Å². The van der Waals surface area contributed by atoms with Gasteiger partial charge in [0, 0.05) is 12.1 Å². The fourth-order valence-electron chi connectivity index (χ4n) is 1.73. The predicted octanol–water partition coefficient (Wildman–Crippen LogP) is 2.59. The monoisotopic (exact) mass is 205 g/mol. The predicted molar refractivity (Wildman–Crippen MR) is 65.3 cm³/mol. The third-order valence-corrected chi connectivity index (χ3v) is 2.66. The first-order valence-electron chi connectivity index (χ1n) is 5.13. The third kappa shape index (κ3) is 2.39. The van der Waals surface area contributed by atoms with Crippen molar-refractivity contribution in [1.29, 1.82) is 0 Å². The van der Waals surface area contributed by atoms with Gasteiger partial charge in [0.25, 0.3) is 0 Å². The molecule has 0 bridgehead atoms. The summed E-state index contributed by atoms with van der Waals surface area (Å²) in [6, 6.07) is 2.17. The van der Waals surface area contributed by atoms with Crippen LogP contribution in [-0.4, -0.2) is 13.7 Å². The van der Waals surface area contributed by atoms with Gasteiger partial charge >= 0.3 is 0 Å². The van der Waals surface area contributed by atoms with Gasteiger partial charge in [0.2, 0.25) is 0 Å². The molecule has 0 atom stereocenters. The Morgan fingerprint density at radius 3 is 2.47 bits per heavy atom. The zero-order valence-electron chi connectivity index (χ0n) is 9.92. The molecule has 0 amide bonds. The van der Waals surface area contributed by atoms with Crippen molar-refractivity contribution in [1.82, 2.24) is 0 Å². The summed E-state index contributed by atoms with van der Waals surface area (Å²) in [5.41, 5.74) is 10.3. The highest BCUT2D eigenvalue weighted by molar-refractivity contribution is 5.65. The summed E-state index contributed by atoms with van der Waals surface area (Å²) in [6.07, 6.45) is 3.97. The molecule has 0 radical (unpaired) electrons. The van der Waals surface area contributed by atoms with Gasteiger partial charge in [-0.05, 0) is 37.5 Å². The average Bonchev–Trinajstić information content (AvgIpc) is 2.21. The van der Waals surface area contributed by atoms with Crippen LogP contribution in [0, 0.1) is 20.8 Å². The molecule has 0 fully saturated rings. The van der Waals surface area contributed by atoms with Crippen LogP contribution in [0.5, 0.6) is 5.75 Å². The number of nitrogens with two attached hydrogens (primary N) is 1. The smallest absolute Gasteiger partial charge is 0.129 e. The van der Waals surface area contributed by atoms with Crippen LogP contribution in [-0.2, 0) is 0 Å².